The lowest BCUT2D eigenvalue weighted by Gasteiger charge is -1.96. The van der Waals surface area contributed by atoms with E-state index in [-0.39, 0.29) is 0 Å². The summed E-state index contributed by atoms with van der Waals surface area (Å²) in [6.45, 7) is 1.98. The van der Waals surface area contributed by atoms with Gasteiger partial charge in [-0.25, -0.2) is 0 Å². The van der Waals surface area contributed by atoms with Gasteiger partial charge >= 0.3 is 0 Å². The minimum absolute atomic E-state index is 0.363. The number of rotatable bonds is 0. The van der Waals surface area contributed by atoms with E-state index in [4.69, 9.17) is 23.2 Å². The smallest absolute Gasteiger partial charge is 0.0839 e. The standard InChI is InChI=1S/C10H8Cl2/c1-8-7-10(12)5-4-9(8)3-2-6-11/h4-5,7H,6H2,1H3. The van der Waals surface area contributed by atoms with Crippen LogP contribution in [0.15, 0.2) is 18.2 Å². The van der Waals surface area contributed by atoms with Crippen molar-refractivity contribution in [3.8, 4) is 11.8 Å². The Morgan fingerprint density at radius 2 is 2.17 bits per heavy atom. The maximum Gasteiger partial charge on any atom is 0.0839 e. The lowest BCUT2D eigenvalue weighted by molar-refractivity contribution is 1.44. The first-order chi connectivity index (χ1) is 5.74. The number of hydrogen-bond donors (Lipinski definition) is 0. The van der Waals surface area contributed by atoms with Crippen LogP contribution in [0.2, 0.25) is 5.02 Å². The Balaban J connectivity index is 3.01. The van der Waals surface area contributed by atoms with Crippen molar-refractivity contribution in [3.63, 3.8) is 0 Å². The maximum atomic E-state index is 5.78. The molecule has 0 bridgehead atoms. The van der Waals surface area contributed by atoms with Crippen molar-refractivity contribution in [2.45, 2.75) is 6.92 Å². The van der Waals surface area contributed by atoms with Crippen molar-refractivity contribution in [1.82, 2.24) is 0 Å². The Morgan fingerprint density at radius 3 is 2.75 bits per heavy atom. The molecule has 0 amide bonds. The van der Waals surface area contributed by atoms with Crippen molar-refractivity contribution >= 4 is 23.2 Å². The van der Waals surface area contributed by atoms with Gasteiger partial charge in [-0.15, -0.1) is 11.6 Å². The van der Waals surface area contributed by atoms with Gasteiger partial charge in [0.15, 0.2) is 0 Å². The van der Waals surface area contributed by atoms with E-state index in [1.807, 2.05) is 25.1 Å². The van der Waals surface area contributed by atoms with Crippen molar-refractivity contribution in [1.29, 1.82) is 0 Å². The number of hydrogen-bond acceptors (Lipinski definition) is 0. The molecular weight excluding hydrogens is 191 g/mol. The highest BCUT2D eigenvalue weighted by atomic mass is 35.5. The zero-order chi connectivity index (χ0) is 8.97. The molecule has 0 saturated carbocycles. The molecule has 0 radical (unpaired) electrons. The summed E-state index contributed by atoms with van der Waals surface area (Å²) in [6, 6.07) is 5.61. The molecule has 0 aliphatic rings. The second-order valence-corrected chi connectivity index (χ2v) is 3.10. The SMILES string of the molecule is Cc1cc(Cl)ccc1C#CCCl. The van der Waals surface area contributed by atoms with Crippen LogP contribution in [0.4, 0.5) is 0 Å². The number of alkyl halides is 1. The van der Waals surface area contributed by atoms with Crippen molar-refractivity contribution in [2.24, 2.45) is 0 Å². The molecule has 0 aliphatic heterocycles. The summed E-state index contributed by atoms with van der Waals surface area (Å²) < 4.78 is 0. The van der Waals surface area contributed by atoms with Crippen molar-refractivity contribution in [3.05, 3.63) is 34.3 Å². The summed E-state index contributed by atoms with van der Waals surface area (Å²) in [6.07, 6.45) is 0. The molecule has 0 heterocycles. The molecule has 62 valence electrons. The molecule has 0 aromatic heterocycles. The van der Waals surface area contributed by atoms with E-state index in [1.54, 1.807) is 0 Å². The Labute approximate surface area is 82.5 Å². The van der Waals surface area contributed by atoms with Gasteiger partial charge < -0.3 is 0 Å². The monoisotopic (exact) mass is 198 g/mol. The van der Waals surface area contributed by atoms with Crippen LogP contribution in [-0.4, -0.2) is 5.88 Å². The summed E-state index contributed by atoms with van der Waals surface area (Å²) in [5.41, 5.74) is 2.07. The highest BCUT2D eigenvalue weighted by Gasteiger charge is 1.94. The van der Waals surface area contributed by atoms with Gasteiger partial charge in [0.2, 0.25) is 0 Å². The first-order valence-corrected chi connectivity index (χ1v) is 4.46. The molecule has 1 aromatic carbocycles. The Bertz CT molecular complexity index is 331. The molecule has 0 spiro atoms. The molecule has 0 N–H and O–H groups in total. The second kappa shape index (κ2) is 4.40. The molecular formula is C10H8Cl2. The molecule has 1 aromatic rings. The van der Waals surface area contributed by atoms with E-state index in [2.05, 4.69) is 11.8 Å². The summed E-state index contributed by atoms with van der Waals surface area (Å²) in [4.78, 5) is 0. The number of benzene rings is 1. The van der Waals surface area contributed by atoms with Gasteiger partial charge in [-0.05, 0) is 30.7 Å². The first kappa shape index (κ1) is 9.45. The summed E-state index contributed by atoms with van der Waals surface area (Å²) in [5, 5.41) is 0.740. The van der Waals surface area contributed by atoms with Crippen LogP contribution in [0.1, 0.15) is 11.1 Å². The van der Waals surface area contributed by atoms with E-state index < -0.39 is 0 Å². The molecule has 0 saturated heterocycles. The predicted octanol–water partition coefficient (Wildman–Crippen LogP) is 3.24. The van der Waals surface area contributed by atoms with Crippen LogP contribution in [0, 0.1) is 18.8 Å². The fourth-order valence-corrected chi connectivity index (χ4v) is 1.19. The Morgan fingerprint density at radius 1 is 1.42 bits per heavy atom. The van der Waals surface area contributed by atoms with E-state index in [0.717, 1.165) is 16.1 Å². The van der Waals surface area contributed by atoms with Crippen molar-refractivity contribution in [2.75, 3.05) is 5.88 Å². The van der Waals surface area contributed by atoms with Gasteiger partial charge in [-0.3, -0.25) is 0 Å². The third-order valence-corrected chi connectivity index (χ3v) is 1.85. The molecule has 12 heavy (non-hydrogen) atoms. The van der Waals surface area contributed by atoms with E-state index in [9.17, 15) is 0 Å². The summed E-state index contributed by atoms with van der Waals surface area (Å²) >= 11 is 11.2. The fraction of sp³-hybridized carbons (Fsp3) is 0.200. The number of halogens is 2. The molecule has 2 heteroatoms. The van der Waals surface area contributed by atoms with E-state index in [0.29, 0.717) is 5.88 Å². The van der Waals surface area contributed by atoms with E-state index in [1.165, 1.54) is 0 Å². The van der Waals surface area contributed by atoms with Gasteiger partial charge in [0.25, 0.3) is 0 Å². The fourth-order valence-electron chi connectivity index (χ4n) is 0.896. The molecule has 0 aliphatic carbocycles. The van der Waals surface area contributed by atoms with Gasteiger partial charge in [0, 0.05) is 10.6 Å². The molecule has 0 atom stereocenters. The second-order valence-electron chi connectivity index (χ2n) is 2.39. The topological polar surface area (TPSA) is 0 Å². The predicted molar refractivity (Wildman–Crippen MR) is 53.8 cm³/mol. The van der Waals surface area contributed by atoms with Crippen LogP contribution in [-0.2, 0) is 0 Å². The lowest BCUT2D eigenvalue weighted by Crippen LogP contribution is -1.81. The largest absolute Gasteiger partial charge is 0.113 e. The third-order valence-electron chi connectivity index (χ3n) is 1.48. The maximum absolute atomic E-state index is 5.78. The third kappa shape index (κ3) is 2.44. The average Bonchev–Trinajstić information content (AvgIpc) is 2.03. The van der Waals surface area contributed by atoms with Crippen LogP contribution in [0.5, 0.6) is 0 Å². The molecule has 0 fully saturated rings. The Hall–Kier alpha value is -0.640. The van der Waals surface area contributed by atoms with Crippen LogP contribution >= 0.6 is 23.2 Å². The highest BCUT2D eigenvalue weighted by molar-refractivity contribution is 6.30. The normalized spacial score (nSPS) is 8.92. The van der Waals surface area contributed by atoms with Gasteiger partial charge in [-0.1, -0.05) is 23.4 Å². The van der Waals surface area contributed by atoms with E-state index >= 15 is 0 Å². The minimum atomic E-state index is 0.363. The lowest BCUT2D eigenvalue weighted by atomic mass is 10.1. The van der Waals surface area contributed by atoms with Crippen LogP contribution in [0.3, 0.4) is 0 Å². The van der Waals surface area contributed by atoms with Gasteiger partial charge in [-0.2, -0.15) is 0 Å². The number of aryl methyl sites for hydroxylation is 1. The first-order valence-electron chi connectivity index (χ1n) is 3.55. The quantitative estimate of drug-likeness (QED) is 0.444. The Kier molecular flexibility index (Phi) is 3.47. The van der Waals surface area contributed by atoms with Gasteiger partial charge in [0.05, 0.1) is 5.88 Å². The van der Waals surface area contributed by atoms with Crippen LogP contribution in [0.25, 0.3) is 0 Å². The van der Waals surface area contributed by atoms with Crippen molar-refractivity contribution < 1.29 is 0 Å². The zero-order valence-corrected chi connectivity index (χ0v) is 8.21. The highest BCUT2D eigenvalue weighted by Crippen LogP contribution is 2.13. The molecule has 0 nitrogen and oxygen atoms in total. The zero-order valence-electron chi connectivity index (χ0n) is 6.70. The van der Waals surface area contributed by atoms with Gasteiger partial charge in [0.1, 0.15) is 0 Å². The molecule has 0 unspecified atom stereocenters. The summed E-state index contributed by atoms with van der Waals surface area (Å²) in [5.74, 6) is 6.11. The summed E-state index contributed by atoms with van der Waals surface area (Å²) in [7, 11) is 0. The minimum Gasteiger partial charge on any atom is -0.113 e. The molecule has 1 rings (SSSR count). The van der Waals surface area contributed by atoms with Crippen LogP contribution < -0.4 is 0 Å². The average molecular weight is 199 g/mol.